The number of hydrogen-bond donors (Lipinski definition) is 1. The highest BCUT2D eigenvalue weighted by Gasteiger charge is 2.44. The van der Waals surface area contributed by atoms with E-state index in [1.165, 1.54) is 7.11 Å². The Morgan fingerprint density at radius 2 is 2.25 bits per heavy atom. The van der Waals surface area contributed by atoms with E-state index in [0.717, 1.165) is 0 Å². The van der Waals surface area contributed by atoms with E-state index in [9.17, 15) is 14.7 Å². The molecule has 0 fully saturated rings. The second-order valence-electron chi connectivity index (χ2n) is 5.72. The molecule has 1 heterocycles. The lowest BCUT2D eigenvalue weighted by atomic mass is 9.81. The van der Waals surface area contributed by atoms with Gasteiger partial charge >= 0.3 is 5.97 Å². The first-order valence-corrected chi connectivity index (χ1v) is 6.89. The molecule has 1 aliphatic heterocycles. The summed E-state index contributed by atoms with van der Waals surface area (Å²) in [7, 11) is 1.34. The number of nitrogens with zero attached hydrogens (tertiary/aromatic N) is 1. The maximum atomic E-state index is 12.5. The minimum atomic E-state index is -0.419. The molecule has 0 saturated heterocycles. The largest absolute Gasteiger partial charge is 0.466 e. The van der Waals surface area contributed by atoms with Gasteiger partial charge in [-0.2, -0.15) is 0 Å². The second kappa shape index (κ2) is 5.79. The number of ether oxygens (including phenoxy) is 1. The van der Waals surface area contributed by atoms with Crippen molar-refractivity contribution < 1.29 is 19.4 Å². The minimum absolute atomic E-state index is 0.0332. The van der Waals surface area contributed by atoms with Crippen molar-refractivity contribution in [1.82, 2.24) is 4.90 Å². The van der Waals surface area contributed by atoms with Crippen molar-refractivity contribution in [3.63, 3.8) is 0 Å². The van der Waals surface area contributed by atoms with Crippen LogP contribution < -0.4 is 0 Å². The van der Waals surface area contributed by atoms with Gasteiger partial charge in [0, 0.05) is 18.7 Å². The normalized spacial score (nSPS) is 25.4. The molecule has 1 N–H and O–H groups in total. The summed E-state index contributed by atoms with van der Waals surface area (Å²) in [4.78, 5) is 26.1. The number of amides is 1. The predicted octanol–water partition coefficient (Wildman–Crippen LogP) is 1.10. The van der Waals surface area contributed by atoms with E-state index in [0.29, 0.717) is 30.0 Å². The summed E-state index contributed by atoms with van der Waals surface area (Å²) in [5.41, 5.74) is 1.24. The minimum Gasteiger partial charge on any atom is -0.466 e. The van der Waals surface area contributed by atoms with Crippen LogP contribution in [0, 0.1) is 17.8 Å². The molecule has 0 unspecified atom stereocenters. The summed E-state index contributed by atoms with van der Waals surface area (Å²) in [5, 5.41) is 9.40. The van der Waals surface area contributed by atoms with Crippen LogP contribution in [0.1, 0.15) is 20.3 Å². The van der Waals surface area contributed by atoms with Crippen molar-refractivity contribution in [2.75, 3.05) is 20.3 Å². The van der Waals surface area contributed by atoms with E-state index in [1.807, 2.05) is 19.9 Å². The lowest BCUT2D eigenvalue weighted by molar-refractivity contribution is -0.139. The van der Waals surface area contributed by atoms with Crippen LogP contribution >= 0.6 is 0 Å². The fraction of sp³-hybridized carbons (Fsp3) is 0.600. The van der Waals surface area contributed by atoms with Crippen molar-refractivity contribution in [2.45, 2.75) is 20.3 Å². The Labute approximate surface area is 118 Å². The van der Waals surface area contributed by atoms with Crippen LogP contribution in [0.25, 0.3) is 0 Å². The molecular formula is C15H21NO4. The number of carbonyl (C=O) groups is 2. The number of carbonyl (C=O) groups excluding carboxylic acids is 2. The van der Waals surface area contributed by atoms with E-state index in [1.54, 1.807) is 11.1 Å². The summed E-state index contributed by atoms with van der Waals surface area (Å²) in [6, 6.07) is 0. The fourth-order valence-corrected chi connectivity index (χ4v) is 2.96. The van der Waals surface area contributed by atoms with Crippen LogP contribution in [0.5, 0.6) is 0 Å². The van der Waals surface area contributed by atoms with Gasteiger partial charge in [-0.05, 0) is 17.9 Å². The van der Waals surface area contributed by atoms with E-state index in [-0.39, 0.29) is 18.4 Å². The maximum absolute atomic E-state index is 12.5. The Bertz CT molecular complexity index is 478. The van der Waals surface area contributed by atoms with Crippen LogP contribution in [0.3, 0.4) is 0 Å². The Balaban J connectivity index is 2.37. The van der Waals surface area contributed by atoms with E-state index >= 15 is 0 Å². The second-order valence-corrected chi connectivity index (χ2v) is 5.72. The Hall–Kier alpha value is -1.62. The molecule has 5 heteroatoms. The average molecular weight is 279 g/mol. The molecule has 0 aromatic rings. The molecule has 2 aliphatic rings. The van der Waals surface area contributed by atoms with Crippen molar-refractivity contribution in [3.8, 4) is 0 Å². The highest BCUT2D eigenvalue weighted by atomic mass is 16.5. The third kappa shape index (κ3) is 2.50. The molecule has 1 aliphatic carbocycles. The highest BCUT2D eigenvalue weighted by Crippen LogP contribution is 2.41. The maximum Gasteiger partial charge on any atom is 0.335 e. The zero-order chi connectivity index (χ0) is 14.9. The van der Waals surface area contributed by atoms with Crippen LogP contribution in [-0.4, -0.2) is 42.1 Å². The van der Waals surface area contributed by atoms with Gasteiger partial charge in [-0.3, -0.25) is 4.79 Å². The topological polar surface area (TPSA) is 66.8 Å². The van der Waals surface area contributed by atoms with E-state index in [4.69, 9.17) is 4.74 Å². The molecule has 1 amide bonds. The highest BCUT2D eigenvalue weighted by molar-refractivity contribution is 5.95. The van der Waals surface area contributed by atoms with Crippen molar-refractivity contribution in [1.29, 1.82) is 0 Å². The molecule has 0 spiro atoms. The van der Waals surface area contributed by atoms with Crippen molar-refractivity contribution in [3.05, 3.63) is 23.4 Å². The first-order valence-electron chi connectivity index (χ1n) is 6.89. The third-order valence-corrected chi connectivity index (χ3v) is 3.84. The molecule has 20 heavy (non-hydrogen) atoms. The number of rotatable bonds is 4. The first-order chi connectivity index (χ1) is 9.49. The van der Waals surface area contributed by atoms with Gasteiger partial charge in [-0.25, -0.2) is 4.79 Å². The predicted molar refractivity (Wildman–Crippen MR) is 73.4 cm³/mol. The lowest BCUT2D eigenvalue weighted by Crippen LogP contribution is -2.43. The summed E-state index contributed by atoms with van der Waals surface area (Å²) >= 11 is 0. The van der Waals surface area contributed by atoms with Gasteiger partial charge in [-0.15, -0.1) is 0 Å². The van der Waals surface area contributed by atoms with Crippen LogP contribution in [-0.2, 0) is 14.3 Å². The SMILES string of the molecule is COC(=O)C1=CN(CC(C)C)C(=O)[C@@H]2C(CO)=CC[C@H]12. The van der Waals surface area contributed by atoms with Crippen molar-refractivity contribution in [2.24, 2.45) is 17.8 Å². The van der Waals surface area contributed by atoms with Crippen molar-refractivity contribution >= 4 is 11.9 Å². The summed E-state index contributed by atoms with van der Waals surface area (Å²) in [6.07, 6.45) is 4.09. The van der Waals surface area contributed by atoms with Crippen LogP contribution in [0.15, 0.2) is 23.4 Å². The molecule has 2 rings (SSSR count). The molecule has 2 atom stereocenters. The first kappa shape index (κ1) is 14.8. The monoisotopic (exact) mass is 279 g/mol. The van der Waals surface area contributed by atoms with Crippen LogP contribution in [0.4, 0.5) is 0 Å². The summed E-state index contributed by atoms with van der Waals surface area (Å²) < 4.78 is 4.82. The number of allylic oxidation sites excluding steroid dienone is 1. The molecule has 0 radical (unpaired) electrons. The fourth-order valence-electron chi connectivity index (χ4n) is 2.96. The lowest BCUT2D eigenvalue weighted by Gasteiger charge is -2.34. The van der Waals surface area contributed by atoms with E-state index in [2.05, 4.69) is 0 Å². The number of methoxy groups -OCH3 is 1. The van der Waals surface area contributed by atoms with Crippen LogP contribution in [0.2, 0.25) is 0 Å². The molecule has 0 aromatic carbocycles. The Kier molecular flexibility index (Phi) is 4.28. The molecule has 0 aromatic heterocycles. The quantitative estimate of drug-likeness (QED) is 0.618. The molecule has 0 saturated carbocycles. The summed E-state index contributed by atoms with van der Waals surface area (Å²) in [6.45, 7) is 4.45. The van der Waals surface area contributed by atoms with E-state index < -0.39 is 11.9 Å². The number of aliphatic hydroxyl groups excluding tert-OH is 1. The van der Waals surface area contributed by atoms with Gasteiger partial charge in [0.1, 0.15) is 0 Å². The van der Waals surface area contributed by atoms with Gasteiger partial charge < -0.3 is 14.7 Å². The number of aliphatic hydroxyl groups is 1. The van der Waals surface area contributed by atoms with Gasteiger partial charge in [-0.1, -0.05) is 19.9 Å². The zero-order valence-electron chi connectivity index (χ0n) is 12.1. The van der Waals surface area contributed by atoms with Gasteiger partial charge in [0.2, 0.25) is 5.91 Å². The number of esters is 1. The summed E-state index contributed by atoms with van der Waals surface area (Å²) in [5.74, 6) is -0.741. The number of fused-ring (bicyclic) bond motifs is 1. The number of hydrogen-bond acceptors (Lipinski definition) is 4. The standard InChI is InChI=1S/C15H21NO4/c1-9(2)6-16-7-12(15(19)20-3)11-5-4-10(8-17)13(11)14(16)18/h4,7,9,11,13,17H,5-6,8H2,1-3H3/t11-,13-/m1/s1. The third-order valence-electron chi connectivity index (χ3n) is 3.84. The molecular weight excluding hydrogens is 258 g/mol. The average Bonchev–Trinajstić information content (AvgIpc) is 2.84. The smallest absolute Gasteiger partial charge is 0.335 e. The Morgan fingerprint density at radius 1 is 1.55 bits per heavy atom. The van der Waals surface area contributed by atoms with Gasteiger partial charge in [0.05, 0.1) is 25.2 Å². The Morgan fingerprint density at radius 3 is 2.80 bits per heavy atom. The molecule has 0 bridgehead atoms. The van der Waals surface area contributed by atoms with Gasteiger partial charge in [0.25, 0.3) is 0 Å². The van der Waals surface area contributed by atoms with Gasteiger partial charge in [0.15, 0.2) is 0 Å². The molecule has 110 valence electrons. The molecule has 5 nitrogen and oxygen atoms in total. The zero-order valence-corrected chi connectivity index (χ0v) is 12.1.